The molecule has 4 amide bonds. The molecule has 6 atom stereocenters. The average Bonchev–Trinajstić information content (AvgIpc) is 3.22. The number of carbonyl (C=O) groups excluding carboxylic acids is 4. The number of rotatable bonds is 8. The summed E-state index contributed by atoms with van der Waals surface area (Å²) in [5.74, 6) is -11.3. The molecular formula is C25H34F6N4O6S. The standard InChI is InChI=1S/C25H34F6N4O6S/c1-23(2,3)18(34-22(39)25(29,30)31)21(38)35-14-5-6-15(24(27,28)11-14)17(35)20(37)33-13(10-16(26)42(4,40)41)9-12-7-8-32-19(12)36/h10,12-15,17-18H,5-9,11H2,1-4H3,(H,32,36)(H,33,37)(H,34,39)/b16-10+/t12-,13+,14-,15-,17+,18+/m0/s1. The summed E-state index contributed by atoms with van der Waals surface area (Å²) in [6.07, 6.45) is -5.38. The minimum absolute atomic E-state index is 0.00808. The molecule has 4 fully saturated rings. The fraction of sp³-hybridized carbons (Fsp3) is 0.760. The quantitative estimate of drug-likeness (QED) is 0.350. The zero-order chi connectivity index (χ0) is 32.0. The molecule has 2 bridgehead atoms. The third-order valence-corrected chi connectivity index (χ3v) is 8.66. The van der Waals surface area contributed by atoms with E-state index in [1.165, 1.54) is 20.8 Å². The van der Waals surface area contributed by atoms with Crippen molar-refractivity contribution in [2.75, 3.05) is 12.8 Å². The Balaban J connectivity index is 2.00. The van der Waals surface area contributed by atoms with Crippen molar-refractivity contribution in [1.29, 1.82) is 0 Å². The predicted molar refractivity (Wildman–Crippen MR) is 136 cm³/mol. The fourth-order valence-electron chi connectivity index (χ4n) is 5.73. The van der Waals surface area contributed by atoms with Crippen molar-refractivity contribution in [1.82, 2.24) is 20.9 Å². The van der Waals surface area contributed by atoms with Crippen molar-refractivity contribution in [2.45, 2.75) is 89.1 Å². The molecule has 3 aliphatic heterocycles. The zero-order valence-electron chi connectivity index (χ0n) is 23.4. The van der Waals surface area contributed by atoms with E-state index in [1.54, 1.807) is 5.32 Å². The Labute approximate surface area is 238 Å². The number of hydrogen-bond acceptors (Lipinski definition) is 6. The zero-order valence-corrected chi connectivity index (χ0v) is 24.2. The molecule has 3 heterocycles. The molecule has 42 heavy (non-hydrogen) atoms. The highest BCUT2D eigenvalue weighted by Gasteiger charge is 2.61. The number of sulfone groups is 1. The summed E-state index contributed by atoms with van der Waals surface area (Å²) < 4.78 is 107. The van der Waals surface area contributed by atoms with E-state index in [4.69, 9.17) is 0 Å². The third-order valence-electron chi connectivity index (χ3n) is 7.82. The number of alkyl halides is 5. The molecule has 10 nitrogen and oxygen atoms in total. The first-order chi connectivity index (χ1) is 19.0. The summed E-state index contributed by atoms with van der Waals surface area (Å²) in [6.45, 7) is 4.31. The minimum Gasteiger partial charge on any atom is -0.356 e. The lowest BCUT2D eigenvalue weighted by Gasteiger charge is -2.55. The van der Waals surface area contributed by atoms with E-state index in [0.29, 0.717) is 12.3 Å². The van der Waals surface area contributed by atoms with Gasteiger partial charge in [-0.05, 0) is 37.2 Å². The van der Waals surface area contributed by atoms with Crippen LogP contribution < -0.4 is 16.0 Å². The number of halogens is 6. The number of nitrogens with one attached hydrogen (secondary N) is 3. The van der Waals surface area contributed by atoms with Gasteiger partial charge in [0.2, 0.25) is 32.7 Å². The normalized spacial score (nSPS) is 27.7. The number of hydrogen-bond donors (Lipinski definition) is 3. The minimum atomic E-state index is -5.36. The van der Waals surface area contributed by atoms with Crippen LogP contribution in [-0.4, -0.2) is 86.0 Å². The van der Waals surface area contributed by atoms with Crippen LogP contribution in [0.1, 0.15) is 52.9 Å². The van der Waals surface area contributed by atoms with Gasteiger partial charge >= 0.3 is 12.1 Å². The van der Waals surface area contributed by atoms with Crippen molar-refractivity contribution in [3.63, 3.8) is 0 Å². The number of nitrogens with zero attached hydrogens (tertiary/aromatic N) is 1. The van der Waals surface area contributed by atoms with Crippen LogP contribution in [0.15, 0.2) is 11.2 Å². The molecule has 0 aromatic carbocycles. The molecule has 3 N–H and O–H groups in total. The largest absolute Gasteiger partial charge is 0.471 e. The highest BCUT2D eigenvalue weighted by molar-refractivity contribution is 7.94. The van der Waals surface area contributed by atoms with E-state index in [0.717, 1.165) is 4.90 Å². The van der Waals surface area contributed by atoms with Gasteiger partial charge in [-0.15, -0.1) is 0 Å². The van der Waals surface area contributed by atoms with Crippen molar-refractivity contribution < 1.29 is 53.9 Å². The highest BCUT2D eigenvalue weighted by Crippen LogP contribution is 2.49. The Morgan fingerprint density at radius 2 is 1.74 bits per heavy atom. The number of piperidine rings is 2. The summed E-state index contributed by atoms with van der Waals surface area (Å²) >= 11 is 0. The highest BCUT2D eigenvalue weighted by atomic mass is 32.2. The summed E-state index contributed by atoms with van der Waals surface area (Å²) in [6, 6.07) is -6.56. The van der Waals surface area contributed by atoms with Gasteiger partial charge in [-0.1, -0.05) is 20.8 Å². The molecule has 0 unspecified atom stereocenters. The van der Waals surface area contributed by atoms with Gasteiger partial charge in [0.1, 0.15) is 12.1 Å². The SMILES string of the molecule is CC(C)(C)[C@H](NC(=O)C(F)(F)F)C(=O)N1[C@H]2CC[C@@H]([C@@H]1C(=O)N[C@@H](/C=C(\F)S(C)(=O)=O)C[C@@H]1CCNC1=O)C(F)(F)C2. The van der Waals surface area contributed by atoms with Gasteiger partial charge < -0.3 is 20.9 Å². The van der Waals surface area contributed by atoms with Crippen molar-refractivity contribution >= 4 is 33.5 Å². The van der Waals surface area contributed by atoms with E-state index < -0.39 is 98.6 Å². The second-order valence-corrected chi connectivity index (χ2v) is 14.1. The molecule has 0 radical (unpaired) electrons. The smallest absolute Gasteiger partial charge is 0.356 e. The Bertz CT molecular complexity index is 1250. The van der Waals surface area contributed by atoms with Gasteiger partial charge in [-0.3, -0.25) is 19.2 Å². The Morgan fingerprint density at radius 1 is 1.12 bits per heavy atom. The first kappa shape index (κ1) is 33.6. The van der Waals surface area contributed by atoms with Gasteiger partial charge in [0.25, 0.3) is 5.92 Å². The van der Waals surface area contributed by atoms with Crippen LogP contribution in [0.3, 0.4) is 0 Å². The van der Waals surface area contributed by atoms with E-state index in [2.05, 4.69) is 10.6 Å². The molecule has 0 aromatic heterocycles. The molecule has 17 heteroatoms. The van der Waals surface area contributed by atoms with Crippen LogP contribution >= 0.6 is 0 Å². The molecule has 4 aliphatic rings. The van der Waals surface area contributed by atoms with E-state index in [-0.39, 0.29) is 32.2 Å². The van der Waals surface area contributed by atoms with E-state index in [9.17, 15) is 45.2 Å². The lowest BCUT2D eigenvalue weighted by molar-refractivity contribution is -0.197. The lowest BCUT2D eigenvalue weighted by atomic mass is 9.70. The van der Waals surface area contributed by atoms with Crippen LogP contribution in [0.2, 0.25) is 0 Å². The summed E-state index contributed by atoms with van der Waals surface area (Å²) in [5.41, 5.74) is -1.35. The Morgan fingerprint density at radius 3 is 2.21 bits per heavy atom. The van der Waals surface area contributed by atoms with Crippen LogP contribution in [0.5, 0.6) is 0 Å². The maximum absolute atomic E-state index is 15.1. The Hall–Kier alpha value is -2.85. The molecule has 0 spiro atoms. The first-order valence-corrected chi connectivity index (χ1v) is 15.2. The van der Waals surface area contributed by atoms with Crippen LogP contribution in [-0.2, 0) is 29.0 Å². The molecule has 238 valence electrons. The van der Waals surface area contributed by atoms with Gasteiger partial charge in [-0.2, -0.15) is 17.6 Å². The van der Waals surface area contributed by atoms with E-state index >= 15 is 8.78 Å². The summed E-state index contributed by atoms with van der Waals surface area (Å²) in [5, 5.41) is 4.81. The molecule has 0 aromatic rings. The third kappa shape index (κ3) is 7.37. The topological polar surface area (TPSA) is 142 Å². The number of carbonyl (C=O) groups is 4. The van der Waals surface area contributed by atoms with Crippen molar-refractivity contribution in [3.8, 4) is 0 Å². The average molecular weight is 633 g/mol. The molecule has 1 saturated carbocycles. The molecule has 3 saturated heterocycles. The second kappa shape index (κ2) is 11.7. The van der Waals surface area contributed by atoms with Gasteiger partial charge in [0, 0.05) is 31.2 Å². The summed E-state index contributed by atoms with van der Waals surface area (Å²) in [7, 11) is -4.38. The summed E-state index contributed by atoms with van der Waals surface area (Å²) in [4.78, 5) is 52.0. The monoisotopic (exact) mass is 632 g/mol. The van der Waals surface area contributed by atoms with Crippen LogP contribution in [0, 0.1) is 17.3 Å². The molecule has 4 rings (SSSR count). The lowest BCUT2D eigenvalue weighted by Crippen LogP contribution is -2.71. The fourth-order valence-corrected chi connectivity index (χ4v) is 6.14. The van der Waals surface area contributed by atoms with Crippen molar-refractivity contribution in [3.05, 3.63) is 11.2 Å². The van der Waals surface area contributed by atoms with Gasteiger partial charge in [0.15, 0.2) is 0 Å². The molecular weight excluding hydrogens is 598 g/mol. The van der Waals surface area contributed by atoms with Crippen molar-refractivity contribution in [2.24, 2.45) is 17.3 Å². The number of amides is 4. The molecule has 1 aliphatic carbocycles. The van der Waals surface area contributed by atoms with Gasteiger partial charge in [-0.25, -0.2) is 17.2 Å². The maximum Gasteiger partial charge on any atom is 0.471 e. The second-order valence-electron chi connectivity index (χ2n) is 12.1. The Kier molecular flexibility index (Phi) is 9.36. The van der Waals surface area contributed by atoms with Gasteiger partial charge in [0.05, 0.1) is 12.0 Å². The maximum atomic E-state index is 15.1. The predicted octanol–water partition coefficient (Wildman–Crippen LogP) is 1.96. The van der Waals surface area contributed by atoms with Crippen LogP contribution in [0.25, 0.3) is 0 Å². The first-order valence-electron chi connectivity index (χ1n) is 13.3. The number of fused-ring (bicyclic) bond motifs is 3. The van der Waals surface area contributed by atoms with Crippen LogP contribution in [0.4, 0.5) is 26.3 Å². The van der Waals surface area contributed by atoms with E-state index in [1.807, 2.05) is 0 Å².